The first-order valence-corrected chi connectivity index (χ1v) is 8.61. The van der Waals surface area contributed by atoms with Gasteiger partial charge in [-0.1, -0.05) is 12.8 Å². The first-order chi connectivity index (χ1) is 10.6. The maximum Gasteiger partial charge on any atom is 0.261 e. The van der Waals surface area contributed by atoms with Crippen LogP contribution in [0, 0.1) is 18.7 Å². The largest absolute Gasteiger partial charge is 0.348 e. The van der Waals surface area contributed by atoms with Crippen LogP contribution in [-0.4, -0.2) is 18.5 Å². The molecular formula is C17H21FN2OS. The summed E-state index contributed by atoms with van der Waals surface area (Å²) in [4.78, 5) is 13.3. The topological polar surface area (TPSA) is 55.1 Å². The molecule has 2 unspecified atom stereocenters. The molecule has 0 saturated heterocycles. The first-order valence-electron chi connectivity index (χ1n) is 7.79. The van der Waals surface area contributed by atoms with E-state index in [-0.39, 0.29) is 17.8 Å². The predicted molar refractivity (Wildman–Crippen MR) is 88.8 cm³/mol. The van der Waals surface area contributed by atoms with Crippen LogP contribution in [0.25, 0.3) is 10.1 Å². The molecule has 3 rings (SSSR count). The van der Waals surface area contributed by atoms with Crippen LogP contribution in [0.3, 0.4) is 0 Å². The Labute approximate surface area is 133 Å². The second kappa shape index (κ2) is 6.34. The Hall–Kier alpha value is -1.46. The number of nitrogens with two attached hydrogens (primary N) is 1. The van der Waals surface area contributed by atoms with Crippen molar-refractivity contribution in [1.82, 2.24) is 5.32 Å². The fourth-order valence-electron chi connectivity index (χ4n) is 3.32. The van der Waals surface area contributed by atoms with E-state index in [2.05, 4.69) is 5.32 Å². The fraction of sp³-hybridized carbons (Fsp3) is 0.471. The van der Waals surface area contributed by atoms with Crippen LogP contribution in [0.2, 0.25) is 0 Å². The molecule has 0 spiro atoms. The predicted octanol–water partition coefficient (Wildman–Crippen LogP) is 3.60. The lowest BCUT2D eigenvalue weighted by Gasteiger charge is -2.31. The van der Waals surface area contributed by atoms with E-state index >= 15 is 0 Å². The molecule has 1 fully saturated rings. The lowest BCUT2D eigenvalue weighted by molar-refractivity contribution is 0.0912. The molecule has 1 aliphatic rings. The van der Waals surface area contributed by atoms with Crippen LogP contribution in [-0.2, 0) is 0 Å². The molecule has 3 nitrogen and oxygen atoms in total. The molecule has 1 heterocycles. The highest BCUT2D eigenvalue weighted by Gasteiger charge is 2.27. The molecule has 5 heteroatoms. The lowest BCUT2D eigenvalue weighted by atomic mass is 9.84. The summed E-state index contributed by atoms with van der Waals surface area (Å²) in [6.07, 6.45) is 4.40. The highest BCUT2D eigenvalue weighted by atomic mass is 32.1. The third kappa shape index (κ3) is 2.88. The van der Waals surface area contributed by atoms with E-state index in [4.69, 9.17) is 5.73 Å². The van der Waals surface area contributed by atoms with E-state index in [0.717, 1.165) is 34.9 Å². The van der Waals surface area contributed by atoms with E-state index in [9.17, 15) is 9.18 Å². The summed E-state index contributed by atoms with van der Waals surface area (Å²) in [5.41, 5.74) is 6.68. The number of benzene rings is 1. The van der Waals surface area contributed by atoms with Gasteiger partial charge in [-0.05, 0) is 61.4 Å². The molecule has 118 valence electrons. The number of rotatable bonds is 3. The molecule has 1 aromatic heterocycles. The highest BCUT2D eigenvalue weighted by Crippen LogP contribution is 2.32. The lowest BCUT2D eigenvalue weighted by Crippen LogP contribution is -2.44. The first kappa shape index (κ1) is 15.4. The number of hydrogen-bond donors (Lipinski definition) is 2. The Morgan fingerprint density at radius 3 is 2.95 bits per heavy atom. The average molecular weight is 320 g/mol. The standard InChI is InChI=1S/C17H21FN2OS/c1-10-13-8-12(18)6-7-15(13)22-16(10)17(21)20-14-5-3-2-4-11(14)9-19/h6-8,11,14H,2-5,9,19H2,1H3,(H,20,21). The van der Waals surface area contributed by atoms with E-state index in [1.54, 1.807) is 6.07 Å². The van der Waals surface area contributed by atoms with Crippen molar-refractivity contribution in [2.45, 2.75) is 38.6 Å². The van der Waals surface area contributed by atoms with Crippen LogP contribution < -0.4 is 11.1 Å². The van der Waals surface area contributed by atoms with Crippen LogP contribution >= 0.6 is 11.3 Å². The van der Waals surface area contributed by atoms with E-state index in [1.807, 2.05) is 6.92 Å². The molecule has 1 aliphatic carbocycles. The summed E-state index contributed by atoms with van der Waals surface area (Å²) < 4.78 is 14.3. The number of hydrogen-bond acceptors (Lipinski definition) is 3. The molecule has 22 heavy (non-hydrogen) atoms. The van der Waals surface area contributed by atoms with Gasteiger partial charge in [0, 0.05) is 10.7 Å². The Balaban J connectivity index is 1.84. The van der Waals surface area contributed by atoms with Crippen molar-refractivity contribution < 1.29 is 9.18 Å². The zero-order chi connectivity index (χ0) is 15.7. The summed E-state index contributed by atoms with van der Waals surface area (Å²) in [6, 6.07) is 4.84. The van der Waals surface area contributed by atoms with Crippen molar-refractivity contribution in [1.29, 1.82) is 0 Å². The van der Waals surface area contributed by atoms with Gasteiger partial charge in [-0.2, -0.15) is 0 Å². The van der Waals surface area contributed by atoms with Gasteiger partial charge < -0.3 is 11.1 Å². The molecule has 0 bridgehead atoms. The normalized spacial score (nSPS) is 22.0. The van der Waals surface area contributed by atoms with Crippen molar-refractivity contribution in [3.8, 4) is 0 Å². The minimum Gasteiger partial charge on any atom is -0.348 e. The van der Waals surface area contributed by atoms with Crippen molar-refractivity contribution in [3.05, 3.63) is 34.5 Å². The van der Waals surface area contributed by atoms with Gasteiger partial charge in [-0.15, -0.1) is 11.3 Å². The molecule has 2 atom stereocenters. The minimum absolute atomic E-state index is 0.0514. The van der Waals surface area contributed by atoms with Crippen molar-refractivity contribution in [2.75, 3.05) is 6.54 Å². The van der Waals surface area contributed by atoms with E-state index < -0.39 is 0 Å². The fourth-order valence-corrected chi connectivity index (χ4v) is 4.42. The summed E-state index contributed by atoms with van der Waals surface area (Å²) in [5, 5.41) is 3.98. The van der Waals surface area contributed by atoms with Gasteiger partial charge in [0.1, 0.15) is 5.82 Å². The Morgan fingerprint density at radius 2 is 2.18 bits per heavy atom. The summed E-state index contributed by atoms with van der Waals surface area (Å²) in [5.74, 6) is 0.0464. The molecule has 1 saturated carbocycles. The van der Waals surface area contributed by atoms with Crippen molar-refractivity contribution in [2.24, 2.45) is 11.7 Å². The summed E-state index contributed by atoms with van der Waals surface area (Å²) >= 11 is 1.43. The van der Waals surface area contributed by atoms with Crippen LogP contribution in [0.15, 0.2) is 18.2 Å². The van der Waals surface area contributed by atoms with Crippen LogP contribution in [0.4, 0.5) is 4.39 Å². The molecular weight excluding hydrogens is 299 g/mol. The third-order valence-corrected chi connectivity index (χ3v) is 5.90. The molecule has 0 aliphatic heterocycles. The number of carbonyl (C=O) groups is 1. The molecule has 3 N–H and O–H groups in total. The van der Waals surface area contributed by atoms with E-state index in [1.165, 1.54) is 29.9 Å². The van der Waals surface area contributed by atoms with Crippen molar-refractivity contribution >= 4 is 27.3 Å². The molecule has 2 aromatic rings. The monoisotopic (exact) mass is 320 g/mol. The van der Waals surface area contributed by atoms with Gasteiger partial charge >= 0.3 is 0 Å². The molecule has 1 amide bonds. The number of halogens is 1. The smallest absolute Gasteiger partial charge is 0.261 e. The van der Waals surface area contributed by atoms with Gasteiger partial charge in [0.15, 0.2) is 0 Å². The second-order valence-corrected chi connectivity index (χ2v) is 7.11. The number of thiophene rings is 1. The zero-order valence-electron chi connectivity index (χ0n) is 12.7. The Kier molecular flexibility index (Phi) is 4.45. The van der Waals surface area contributed by atoms with Gasteiger partial charge in [-0.3, -0.25) is 4.79 Å². The molecule has 0 radical (unpaired) electrons. The quantitative estimate of drug-likeness (QED) is 0.908. The summed E-state index contributed by atoms with van der Waals surface area (Å²) in [6.45, 7) is 2.50. The maximum absolute atomic E-state index is 13.4. The number of amides is 1. The maximum atomic E-state index is 13.4. The minimum atomic E-state index is -0.268. The third-order valence-electron chi connectivity index (χ3n) is 4.63. The molecule has 1 aromatic carbocycles. The number of nitrogens with one attached hydrogen (secondary N) is 1. The SMILES string of the molecule is Cc1c(C(=O)NC2CCCCC2CN)sc2ccc(F)cc12. The Bertz CT molecular complexity index is 697. The van der Waals surface area contributed by atoms with Gasteiger partial charge in [0.2, 0.25) is 0 Å². The van der Waals surface area contributed by atoms with Gasteiger partial charge in [0.05, 0.1) is 4.88 Å². The van der Waals surface area contributed by atoms with E-state index in [0.29, 0.717) is 17.3 Å². The number of fused-ring (bicyclic) bond motifs is 1. The van der Waals surface area contributed by atoms with Gasteiger partial charge in [-0.25, -0.2) is 4.39 Å². The second-order valence-electron chi connectivity index (χ2n) is 6.06. The highest BCUT2D eigenvalue weighted by molar-refractivity contribution is 7.21. The van der Waals surface area contributed by atoms with Crippen LogP contribution in [0.5, 0.6) is 0 Å². The number of aryl methyl sites for hydroxylation is 1. The number of carbonyl (C=O) groups excluding carboxylic acids is 1. The summed E-state index contributed by atoms with van der Waals surface area (Å²) in [7, 11) is 0. The van der Waals surface area contributed by atoms with Crippen molar-refractivity contribution in [3.63, 3.8) is 0 Å². The zero-order valence-corrected chi connectivity index (χ0v) is 13.5. The Morgan fingerprint density at radius 1 is 1.41 bits per heavy atom. The van der Waals surface area contributed by atoms with Crippen LogP contribution in [0.1, 0.15) is 40.9 Å². The van der Waals surface area contributed by atoms with Gasteiger partial charge in [0.25, 0.3) is 5.91 Å². The average Bonchev–Trinajstić information content (AvgIpc) is 2.85.